The molecule has 3 rings (SSSR count). The highest BCUT2D eigenvalue weighted by Crippen LogP contribution is 2.40. The molecule has 1 aliphatic heterocycles. The van der Waals surface area contributed by atoms with Crippen LogP contribution in [0.15, 0.2) is 18.7 Å². The van der Waals surface area contributed by atoms with E-state index in [-0.39, 0.29) is 18.4 Å². The number of carboxylic acid groups (broad SMARTS) is 1. The Morgan fingerprint density at radius 3 is 2.67 bits per heavy atom. The summed E-state index contributed by atoms with van der Waals surface area (Å²) in [5.41, 5.74) is 0.728. The van der Waals surface area contributed by atoms with E-state index in [0.29, 0.717) is 12.3 Å². The molecule has 1 N–H and O–H groups in total. The van der Waals surface area contributed by atoms with Gasteiger partial charge in [0.25, 0.3) is 0 Å². The predicted molar refractivity (Wildman–Crippen MR) is 74.4 cm³/mol. The molecule has 112 valence electrons. The normalized spacial score (nSPS) is 28.2. The third-order valence-corrected chi connectivity index (χ3v) is 4.63. The zero-order chi connectivity index (χ0) is 14.8. The van der Waals surface area contributed by atoms with Gasteiger partial charge in [0.1, 0.15) is 12.4 Å². The molecule has 1 saturated carbocycles. The molecule has 2 heterocycles. The van der Waals surface area contributed by atoms with Gasteiger partial charge in [0, 0.05) is 18.4 Å². The number of carbonyl (C=O) groups is 2. The summed E-state index contributed by atoms with van der Waals surface area (Å²) in [6, 6.07) is -0.577. The Balaban J connectivity index is 1.79. The molecule has 1 aromatic heterocycles. The number of aliphatic carboxylic acids is 1. The van der Waals surface area contributed by atoms with Crippen molar-refractivity contribution in [2.45, 2.75) is 50.6 Å². The average Bonchev–Trinajstić information content (AvgIpc) is 2.88. The standard InChI is InChI=1S/C15H19N3O3/c19-14(5-10-7-16-9-17-8-10)18-12-4-2-1-3-11(12)6-13(18)15(20)21/h7-9,11-13H,1-6H2,(H,20,21). The molecule has 1 saturated heterocycles. The molecule has 3 atom stereocenters. The maximum absolute atomic E-state index is 12.6. The summed E-state index contributed by atoms with van der Waals surface area (Å²) in [5, 5.41) is 9.43. The number of rotatable bonds is 3. The van der Waals surface area contributed by atoms with Gasteiger partial charge < -0.3 is 10.0 Å². The third kappa shape index (κ3) is 2.75. The number of aromatic nitrogens is 2. The Hall–Kier alpha value is -1.98. The Morgan fingerprint density at radius 1 is 1.24 bits per heavy atom. The van der Waals surface area contributed by atoms with Gasteiger partial charge in [-0.25, -0.2) is 14.8 Å². The molecular formula is C15H19N3O3. The molecule has 1 aliphatic carbocycles. The SMILES string of the molecule is O=C(O)C1CC2CCCCC2N1C(=O)Cc1cncnc1. The lowest BCUT2D eigenvalue weighted by molar-refractivity contribution is -0.149. The Bertz CT molecular complexity index is 534. The number of amides is 1. The minimum Gasteiger partial charge on any atom is -0.480 e. The summed E-state index contributed by atoms with van der Waals surface area (Å²) < 4.78 is 0. The molecule has 1 amide bonds. The van der Waals surface area contributed by atoms with Crippen LogP contribution in [0.25, 0.3) is 0 Å². The molecule has 3 unspecified atom stereocenters. The molecule has 0 aromatic carbocycles. The van der Waals surface area contributed by atoms with Gasteiger partial charge in [0.15, 0.2) is 0 Å². The topological polar surface area (TPSA) is 83.4 Å². The second kappa shape index (κ2) is 5.79. The second-order valence-electron chi connectivity index (χ2n) is 5.93. The molecule has 0 radical (unpaired) electrons. The highest BCUT2D eigenvalue weighted by Gasteiger charge is 2.47. The van der Waals surface area contributed by atoms with Crippen molar-refractivity contribution in [2.75, 3.05) is 0 Å². The minimum absolute atomic E-state index is 0.0944. The van der Waals surface area contributed by atoms with Crippen molar-refractivity contribution >= 4 is 11.9 Å². The molecule has 6 nitrogen and oxygen atoms in total. The third-order valence-electron chi connectivity index (χ3n) is 4.63. The fourth-order valence-electron chi connectivity index (χ4n) is 3.73. The monoisotopic (exact) mass is 289 g/mol. The average molecular weight is 289 g/mol. The van der Waals surface area contributed by atoms with Gasteiger partial charge in [-0.1, -0.05) is 12.8 Å². The van der Waals surface area contributed by atoms with E-state index in [9.17, 15) is 14.7 Å². The van der Waals surface area contributed by atoms with Crippen LogP contribution in [0.1, 0.15) is 37.7 Å². The molecule has 6 heteroatoms. The highest BCUT2D eigenvalue weighted by atomic mass is 16.4. The number of likely N-dealkylation sites (tertiary alicyclic amines) is 1. The van der Waals surface area contributed by atoms with Crippen LogP contribution in [0, 0.1) is 5.92 Å². The van der Waals surface area contributed by atoms with Crippen molar-refractivity contribution in [1.29, 1.82) is 0 Å². The second-order valence-corrected chi connectivity index (χ2v) is 5.93. The van der Waals surface area contributed by atoms with Gasteiger partial charge in [0.05, 0.1) is 6.42 Å². The van der Waals surface area contributed by atoms with Gasteiger partial charge in [0.2, 0.25) is 5.91 Å². The Kier molecular flexibility index (Phi) is 3.86. The fraction of sp³-hybridized carbons (Fsp3) is 0.600. The predicted octanol–water partition coefficient (Wildman–Crippen LogP) is 1.26. The van der Waals surface area contributed by atoms with Crippen molar-refractivity contribution in [3.05, 3.63) is 24.3 Å². The van der Waals surface area contributed by atoms with Gasteiger partial charge in [-0.3, -0.25) is 4.79 Å². The van der Waals surface area contributed by atoms with Crippen LogP contribution >= 0.6 is 0 Å². The van der Waals surface area contributed by atoms with E-state index in [1.54, 1.807) is 17.3 Å². The van der Waals surface area contributed by atoms with Crippen LogP contribution < -0.4 is 0 Å². The molecular weight excluding hydrogens is 270 g/mol. The van der Waals surface area contributed by atoms with Crippen molar-refractivity contribution < 1.29 is 14.7 Å². The van der Waals surface area contributed by atoms with Crippen LogP contribution in [0.5, 0.6) is 0 Å². The van der Waals surface area contributed by atoms with Crippen molar-refractivity contribution in [2.24, 2.45) is 5.92 Å². The van der Waals surface area contributed by atoms with Crippen LogP contribution in [-0.4, -0.2) is 43.9 Å². The highest BCUT2D eigenvalue weighted by molar-refractivity contribution is 5.86. The van der Waals surface area contributed by atoms with Gasteiger partial charge in [-0.05, 0) is 30.7 Å². The number of nitrogens with zero attached hydrogens (tertiary/aromatic N) is 3. The lowest BCUT2D eigenvalue weighted by atomic mass is 9.84. The largest absolute Gasteiger partial charge is 0.480 e. The fourth-order valence-corrected chi connectivity index (χ4v) is 3.73. The number of hydrogen-bond acceptors (Lipinski definition) is 4. The minimum atomic E-state index is -0.887. The van der Waals surface area contributed by atoms with Crippen LogP contribution in [0.4, 0.5) is 0 Å². The first-order valence-corrected chi connectivity index (χ1v) is 7.44. The van der Waals surface area contributed by atoms with E-state index < -0.39 is 12.0 Å². The summed E-state index contributed by atoms with van der Waals surface area (Å²) in [7, 11) is 0. The maximum Gasteiger partial charge on any atom is 0.326 e. The lowest BCUT2D eigenvalue weighted by Gasteiger charge is -2.33. The first-order chi connectivity index (χ1) is 10.2. The van der Waals surface area contributed by atoms with Crippen molar-refractivity contribution in [3.8, 4) is 0 Å². The molecule has 0 bridgehead atoms. The molecule has 21 heavy (non-hydrogen) atoms. The summed E-state index contributed by atoms with van der Waals surface area (Å²) in [4.78, 5) is 33.5. The van der Waals surface area contributed by atoms with E-state index in [4.69, 9.17) is 0 Å². The van der Waals surface area contributed by atoms with Gasteiger partial charge in [-0.15, -0.1) is 0 Å². The Morgan fingerprint density at radius 2 is 1.95 bits per heavy atom. The summed E-state index contributed by atoms with van der Waals surface area (Å²) >= 11 is 0. The van der Waals surface area contributed by atoms with Crippen LogP contribution in [0.3, 0.4) is 0 Å². The number of carboxylic acids is 1. The first kappa shape index (κ1) is 14.0. The van der Waals surface area contributed by atoms with Crippen molar-refractivity contribution in [3.63, 3.8) is 0 Å². The number of carbonyl (C=O) groups excluding carboxylic acids is 1. The zero-order valence-corrected chi connectivity index (χ0v) is 11.8. The lowest BCUT2D eigenvalue weighted by Crippen LogP contribution is -2.46. The molecule has 1 aromatic rings. The van der Waals surface area contributed by atoms with E-state index in [1.165, 1.54) is 6.33 Å². The van der Waals surface area contributed by atoms with Crippen LogP contribution in [-0.2, 0) is 16.0 Å². The molecule has 2 aliphatic rings. The molecule has 2 fully saturated rings. The number of fused-ring (bicyclic) bond motifs is 1. The Labute approximate surface area is 123 Å². The van der Waals surface area contributed by atoms with E-state index in [2.05, 4.69) is 9.97 Å². The summed E-state index contributed by atoms with van der Waals surface area (Å²) in [5.74, 6) is -0.663. The van der Waals surface area contributed by atoms with Crippen LogP contribution in [0.2, 0.25) is 0 Å². The first-order valence-electron chi connectivity index (χ1n) is 7.44. The van der Waals surface area contributed by atoms with E-state index >= 15 is 0 Å². The summed E-state index contributed by atoms with van der Waals surface area (Å²) in [6.45, 7) is 0. The van der Waals surface area contributed by atoms with Gasteiger partial charge in [-0.2, -0.15) is 0 Å². The smallest absolute Gasteiger partial charge is 0.326 e. The quantitative estimate of drug-likeness (QED) is 0.905. The van der Waals surface area contributed by atoms with Gasteiger partial charge >= 0.3 is 5.97 Å². The van der Waals surface area contributed by atoms with E-state index in [0.717, 1.165) is 31.2 Å². The molecule has 0 spiro atoms. The number of hydrogen-bond donors (Lipinski definition) is 1. The van der Waals surface area contributed by atoms with Crippen molar-refractivity contribution in [1.82, 2.24) is 14.9 Å². The zero-order valence-electron chi connectivity index (χ0n) is 11.8. The van der Waals surface area contributed by atoms with E-state index in [1.807, 2.05) is 0 Å². The maximum atomic E-state index is 12.6. The summed E-state index contributed by atoms with van der Waals surface area (Å²) in [6.07, 6.45) is 9.57.